The molecule has 0 unspecified atom stereocenters. The molecule has 0 fully saturated rings. The van der Waals surface area contributed by atoms with Gasteiger partial charge in [0.15, 0.2) is 34.6 Å². The molecule has 0 amide bonds. The van der Waals surface area contributed by atoms with E-state index in [1.54, 1.807) is 92.2 Å². The van der Waals surface area contributed by atoms with Crippen molar-refractivity contribution in [3.8, 4) is 51.7 Å². The first-order valence-corrected chi connectivity index (χ1v) is 27.2. The van der Waals surface area contributed by atoms with Gasteiger partial charge in [0.25, 0.3) is 0 Å². The van der Waals surface area contributed by atoms with Crippen LogP contribution in [0, 0.1) is 24.4 Å². The van der Waals surface area contributed by atoms with E-state index in [1.807, 2.05) is 73.7 Å². The number of hydrogen-bond donors (Lipinski definition) is 0. The van der Waals surface area contributed by atoms with Gasteiger partial charge >= 0.3 is 0 Å². The highest BCUT2D eigenvalue weighted by molar-refractivity contribution is 6.37. The van der Waals surface area contributed by atoms with Gasteiger partial charge in [-0.15, -0.1) is 0 Å². The number of pyridine rings is 4. The molecule has 0 N–H and O–H groups in total. The van der Waals surface area contributed by atoms with Crippen LogP contribution in [0.2, 0.25) is 35.2 Å². The molecule has 0 saturated heterocycles. The molecule has 0 aliphatic rings. The number of benzene rings is 8. The Labute approximate surface area is 503 Å². The summed E-state index contributed by atoms with van der Waals surface area (Å²) >= 11 is 41.9. The standard InChI is InChI=1S/C17H14ClNO2.C16H11ClFNO.C15H7Cl3FNO.C15H8Cl2FNO/c1-2-20-15-8-3-4-9-16(15)21-14-10-11-19-17-12(14)6-5-7-13(17)18;1-10-9-11(18)5-6-14(10)20-15-7-8-19-16-12(15)3-2-4-13(16)17;16-8-6-11(18)15(12(19)7-8)21-13-4-5-20-14-9(13)2-1-3-10(14)17;16-9-4-5-14(12(18)8-9)20-13-6-7-19-15-10(13)2-1-3-11(15)17/h3-11H,2H2,1H3;2-9H,1H3;1-7H;1-8H. The molecule has 4 aromatic heterocycles. The highest BCUT2D eigenvalue weighted by Crippen LogP contribution is 2.40. The molecule has 82 heavy (non-hydrogen) atoms. The zero-order valence-electron chi connectivity index (χ0n) is 42.8. The lowest BCUT2D eigenvalue weighted by Crippen LogP contribution is -1.95. The second-order valence-corrected chi connectivity index (χ2v) is 20.2. The third-order valence-corrected chi connectivity index (χ3v) is 13.7. The van der Waals surface area contributed by atoms with Crippen molar-refractivity contribution in [3.63, 3.8) is 0 Å². The van der Waals surface area contributed by atoms with Crippen LogP contribution in [-0.4, -0.2) is 26.5 Å². The summed E-state index contributed by atoms with van der Waals surface area (Å²) in [5.74, 6) is 2.81. The van der Waals surface area contributed by atoms with Crippen LogP contribution in [0.4, 0.5) is 13.2 Å². The second-order valence-electron chi connectivity index (χ2n) is 17.3. The lowest BCUT2D eigenvalue weighted by Gasteiger charge is -2.12. The topological polar surface area (TPSA) is 97.7 Å². The maximum Gasteiger partial charge on any atom is 0.181 e. The lowest BCUT2D eigenvalue weighted by molar-refractivity contribution is 0.322. The van der Waals surface area contributed by atoms with Gasteiger partial charge < -0.3 is 23.7 Å². The molecule has 12 rings (SSSR count). The Balaban J connectivity index is 0.000000132. The Morgan fingerprint density at radius 2 is 0.768 bits per heavy atom. The van der Waals surface area contributed by atoms with Gasteiger partial charge in [-0.3, -0.25) is 19.9 Å². The van der Waals surface area contributed by atoms with Crippen molar-refractivity contribution in [2.75, 3.05) is 6.61 Å². The number of ether oxygens (including phenoxy) is 5. The second kappa shape index (κ2) is 27.3. The fourth-order valence-electron chi connectivity index (χ4n) is 8.00. The molecular formula is C63H40Cl7F3N4O5. The highest BCUT2D eigenvalue weighted by Gasteiger charge is 2.16. The molecule has 0 aliphatic carbocycles. The van der Waals surface area contributed by atoms with Crippen LogP contribution in [0.3, 0.4) is 0 Å². The number of para-hydroxylation sites is 6. The molecule has 0 atom stereocenters. The zero-order chi connectivity index (χ0) is 57.9. The molecule has 8 aromatic carbocycles. The van der Waals surface area contributed by atoms with Crippen molar-refractivity contribution in [1.29, 1.82) is 0 Å². The first-order valence-electron chi connectivity index (χ1n) is 24.6. The molecule has 0 bridgehead atoms. The normalized spacial score (nSPS) is 10.7. The maximum atomic E-state index is 13.9. The van der Waals surface area contributed by atoms with Gasteiger partial charge in [-0.1, -0.05) is 118 Å². The van der Waals surface area contributed by atoms with Crippen molar-refractivity contribution < 1.29 is 36.9 Å². The van der Waals surface area contributed by atoms with Crippen LogP contribution in [0.5, 0.6) is 51.7 Å². The maximum absolute atomic E-state index is 13.9. The quantitative estimate of drug-likeness (QED) is 0.133. The predicted octanol–water partition coefficient (Wildman–Crippen LogP) is 21.8. The van der Waals surface area contributed by atoms with Gasteiger partial charge in [-0.2, -0.15) is 0 Å². The molecule has 19 heteroatoms. The predicted molar refractivity (Wildman–Crippen MR) is 324 cm³/mol. The Hall–Kier alpha value is -7.78. The molecule has 0 radical (unpaired) electrons. The van der Waals surface area contributed by atoms with Crippen LogP contribution in [0.25, 0.3) is 43.6 Å². The number of aromatic nitrogens is 4. The van der Waals surface area contributed by atoms with Crippen molar-refractivity contribution in [1.82, 2.24) is 19.9 Å². The average Bonchev–Trinajstić information content (AvgIpc) is 3.57. The number of aryl methyl sites for hydroxylation is 1. The number of fused-ring (bicyclic) bond motifs is 4. The SMILES string of the molecule is CCOc1ccccc1Oc1ccnc2c(Cl)cccc12.Cc1cc(F)ccc1Oc1ccnc2c(Cl)cccc12.Fc1cc(Cl)cc(Cl)c1Oc1ccnc2c(Cl)cccc12.Fc1cc(Cl)ccc1Oc1ccnc2c(Cl)cccc12. The van der Waals surface area contributed by atoms with Gasteiger partial charge in [-0.05, 0) is 153 Å². The van der Waals surface area contributed by atoms with E-state index >= 15 is 0 Å². The Kier molecular flexibility index (Phi) is 19.6. The summed E-state index contributed by atoms with van der Waals surface area (Å²) in [5, 5.41) is 5.87. The van der Waals surface area contributed by atoms with Gasteiger partial charge in [0.2, 0.25) is 0 Å². The molecule has 4 heterocycles. The summed E-state index contributed by atoms with van der Waals surface area (Å²) in [6.07, 6.45) is 6.43. The van der Waals surface area contributed by atoms with Crippen molar-refractivity contribution >= 4 is 125 Å². The Morgan fingerprint density at radius 1 is 0.354 bits per heavy atom. The Morgan fingerprint density at radius 3 is 1.21 bits per heavy atom. The monoisotopic (exact) mass is 1230 g/mol. The number of halogens is 10. The van der Waals surface area contributed by atoms with E-state index in [0.29, 0.717) is 99.3 Å². The summed E-state index contributed by atoms with van der Waals surface area (Å²) in [4.78, 5) is 16.9. The summed E-state index contributed by atoms with van der Waals surface area (Å²) in [6, 6.07) is 47.4. The van der Waals surface area contributed by atoms with Gasteiger partial charge in [0.05, 0.1) is 53.8 Å². The fourth-order valence-corrected chi connectivity index (χ4v) is 9.56. The molecular weight excluding hydrogens is 1200 g/mol. The largest absolute Gasteiger partial charge is 0.490 e. The van der Waals surface area contributed by atoms with Gasteiger partial charge in [0, 0.05) is 56.4 Å². The first kappa shape index (κ1) is 58.9. The molecule has 9 nitrogen and oxygen atoms in total. The van der Waals surface area contributed by atoms with E-state index in [4.69, 9.17) is 105 Å². The van der Waals surface area contributed by atoms with E-state index in [0.717, 1.165) is 27.9 Å². The van der Waals surface area contributed by atoms with Crippen molar-refractivity contribution in [2.24, 2.45) is 0 Å². The van der Waals surface area contributed by atoms with Crippen LogP contribution >= 0.6 is 81.2 Å². The van der Waals surface area contributed by atoms with E-state index in [1.165, 1.54) is 36.5 Å². The Bertz CT molecular complexity index is 4120. The lowest BCUT2D eigenvalue weighted by atomic mass is 10.2. The summed E-state index contributed by atoms with van der Waals surface area (Å²) in [6.45, 7) is 4.33. The number of hydrogen-bond acceptors (Lipinski definition) is 9. The molecule has 12 aromatic rings. The first-order chi connectivity index (χ1) is 39.6. The molecule has 412 valence electrons. The fraction of sp³-hybridized carbons (Fsp3) is 0.0476. The minimum absolute atomic E-state index is 0.0893. The average molecular weight is 1240 g/mol. The van der Waals surface area contributed by atoms with E-state index in [9.17, 15) is 13.2 Å². The van der Waals surface area contributed by atoms with E-state index < -0.39 is 11.6 Å². The van der Waals surface area contributed by atoms with Crippen LogP contribution in [0.1, 0.15) is 12.5 Å². The van der Waals surface area contributed by atoms with Crippen LogP contribution in [0.15, 0.2) is 195 Å². The van der Waals surface area contributed by atoms with Crippen LogP contribution in [-0.2, 0) is 0 Å². The molecule has 0 spiro atoms. The van der Waals surface area contributed by atoms with Gasteiger partial charge in [0.1, 0.15) is 34.6 Å². The smallest absolute Gasteiger partial charge is 0.181 e. The van der Waals surface area contributed by atoms with Crippen LogP contribution < -0.4 is 23.7 Å². The number of rotatable bonds is 10. The minimum Gasteiger partial charge on any atom is -0.490 e. The van der Waals surface area contributed by atoms with E-state index in [-0.39, 0.29) is 27.4 Å². The summed E-state index contributed by atoms with van der Waals surface area (Å²) in [7, 11) is 0. The third-order valence-electron chi connectivity index (χ3n) is 11.7. The molecule has 0 saturated carbocycles. The highest BCUT2D eigenvalue weighted by atomic mass is 35.5. The zero-order valence-corrected chi connectivity index (χ0v) is 48.1. The number of nitrogens with zero attached hydrogens (tertiary/aromatic N) is 4. The molecule has 0 aliphatic heterocycles. The van der Waals surface area contributed by atoms with E-state index in [2.05, 4.69) is 19.9 Å². The van der Waals surface area contributed by atoms with Crippen molar-refractivity contribution in [2.45, 2.75) is 13.8 Å². The third kappa shape index (κ3) is 14.3. The summed E-state index contributed by atoms with van der Waals surface area (Å²) in [5.41, 5.74) is 3.33. The minimum atomic E-state index is -0.639. The summed E-state index contributed by atoms with van der Waals surface area (Å²) < 4.78 is 69.5. The van der Waals surface area contributed by atoms with Gasteiger partial charge in [-0.25, -0.2) is 13.2 Å². The van der Waals surface area contributed by atoms with Crippen molar-refractivity contribution in [3.05, 3.63) is 253 Å².